The van der Waals surface area contributed by atoms with Crippen LogP contribution in [0.2, 0.25) is 0 Å². The number of fused-ring (bicyclic) bond motifs is 1. The van der Waals surface area contributed by atoms with Crippen LogP contribution in [0.5, 0.6) is 0 Å². The normalized spacial score (nSPS) is 34.2. The van der Waals surface area contributed by atoms with Crippen molar-refractivity contribution >= 4 is 17.9 Å². The molecule has 3 fully saturated rings. The van der Waals surface area contributed by atoms with Gasteiger partial charge in [-0.15, -0.1) is 0 Å². The van der Waals surface area contributed by atoms with Gasteiger partial charge in [-0.2, -0.15) is 0 Å². The van der Waals surface area contributed by atoms with Gasteiger partial charge in [0.15, 0.2) is 6.10 Å². The van der Waals surface area contributed by atoms with Crippen molar-refractivity contribution < 1.29 is 38.1 Å². The first-order valence-electron chi connectivity index (χ1n) is 12.1. The Morgan fingerprint density at radius 2 is 1.57 bits per heavy atom. The first kappa shape index (κ1) is 27.1. The Morgan fingerprint density at radius 1 is 1.00 bits per heavy atom. The average Bonchev–Trinajstić information content (AvgIpc) is 3.65. The minimum absolute atomic E-state index is 0.105. The number of epoxide rings is 2. The van der Waals surface area contributed by atoms with Crippen molar-refractivity contribution in [2.75, 3.05) is 0 Å². The van der Waals surface area contributed by atoms with E-state index >= 15 is 0 Å². The Labute approximate surface area is 207 Å². The van der Waals surface area contributed by atoms with E-state index in [9.17, 15) is 14.4 Å². The smallest absolute Gasteiger partial charge is 0.333 e. The molecule has 2 aliphatic heterocycles. The number of carbonyl (C=O) groups is 3. The van der Waals surface area contributed by atoms with E-state index in [4.69, 9.17) is 23.7 Å². The van der Waals surface area contributed by atoms with Gasteiger partial charge in [0, 0.05) is 30.4 Å². The maximum absolute atomic E-state index is 12.7. The van der Waals surface area contributed by atoms with Gasteiger partial charge in [0.25, 0.3) is 0 Å². The first-order valence-corrected chi connectivity index (χ1v) is 12.1. The number of allylic oxidation sites excluding steroid dienone is 2. The second-order valence-electron chi connectivity index (χ2n) is 10.4. The summed E-state index contributed by atoms with van der Waals surface area (Å²) < 4.78 is 29.2. The summed E-state index contributed by atoms with van der Waals surface area (Å²) in [5.74, 6) is -1.91. The molecule has 2 saturated heterocycles. The van der Waals surface area contributed by atoms with Crippen LogP contribution in [0.25, 0.3) is 0 Å². The minimum atomic E-state index is -0.838. The van der Waals surface area contributed by atoms with E-state index in [1.54, 1.807) is 39.8 Å². The molecule has 2 unspecified atom stereocenters. The third-order valence-corrected chi connectivity index (χ3v) is 7.48. The lowest BCUT2D eigenvalue weighted by molar-refractivity contribution is -0.176. The molecule has 0 bridgehead atoms. The van der Waals surface area contributed by atoms with Crippen LogP contribution < -0.4 is 0 Å². The van der Waals surface area contributed by atoms with Gasteiger partial charge in [0.05, 0.1) is 17.8 Å². The van der Waals surface area contributed by atoms with Crippen molar-refractivity contribution in [1.29, 1.82) is 0 Å². The predicted octanol–water partition coefficient (Wildman–Crippen LogP) is 3.98. The average molecular weight is 491 g/mol. The number of hydrogen-bond donors (Lipinski definition) is 0. The summed E-state index contributed by atoms with van der Waals surface area (Å²) in [5.41, 5.74) is 0.417. The van der Waals surface area contributed by atoms with Gasteiger partial charge in [-0.05, 0) is 60.5 Å². The molecule has 8 nitrogen and oxygen atoms in total. The monoisotopic (exact) mass is 490 g/mol. The lowest BCUT2D eigenvalue weighted by Gasteiger charge is -2.40. The van der Waals surface area contributed by atoms with Crippen molar-refractivity contribution in [1.82, 2.24) is 0 Å². The summed E-state index contributed by atoms with van der Waals surface area (Å²) in [6.07, 6.45) is 1.60. The predicted molar refractivity (Wildman–Crippen MR) is 128 cm³/mol. The zero-order valence-corrected chi connectivity index (χ0v) is 22.0. The summed E-state index contributed by atoms with van der Waals surface area (Å²) in [6.45, 7) is 18.3. The maximum Gasteiger partial charge on any atom is 0.333 e. The zero-order chi connectivity index (χ0) is 26.3. The van der Waals surface area contributed by atoms with E-state index in [0.29, 0.717) is 29.6 Å². The molecule has 0 aromatic rings. The highest BCUT2D eigenvalue weighted by molar-refractivity contribution is 5.88. The van der Waals surface area contributed by atoms with E-state index in [0.717, 1.165) is 0 Å². The molecule has 35 heavy (non-hydrogen) atoms. The molecule has 3 aliphatic rings. The van der Waals surface area contributed by atoms with Crippen LogP contribution in [0, 0.1) is 5.92 Å². The highest BCUT2D eigenvalue weighted by Gasteiger charge is 2.68. The highest BCUT2D eigenvalue weighted by atomic mass is 16.7. The molecule has 7 atom stereocenters. The van der Waals surface area contributed by atoms with Crippen LogP contribution in [0.15, 0.2) is 35.5 Å². The summed E-state index contributed by atoms with van der Waals surface area (Å²) in [6, 6.07) is 0. The number of esters is 3. The van der Waals surface area contributed by atoms with Crippen LogP contribution >= 0.6 is 0 Å². The Balaban J connectivity index is 1.91. The van der Waals surface area contributed by atoms with Gasteiger partial charge in [-0.3, -0.25) is 4.79 Å². The molecule has 0 aromatic heterocycles. The maximum atomic E-state index is 12.7. The molecule has 0 spiro atoms. The van der Waals surface area contributed by atoms with Crippen molar-refractivity contribution in [3.8, 4) is 0 Å². The molecule has 194 valence electrons. The molecule has 1 aliphatic carbocycles. The largest absolute Gasteiger partial charge is 0.458 e. The second kappa shape index (κ2) is 9.90. The van der Waals surface area contributed by atoms with Gasteiger partial charge in [-0.1, -0.05) is 18.7 Å². The molecule has 0 aromatic carbocycles. The zero-order valence-electron chi connectivity index (χ0n) is 22.0. The van der Waals surface area contributed by atoms with Crippen LogP contribution in [0.3, 0.4) is 0 Å². The van der Waals surface area contributed by atoms with Crippen molar-refractivity contribution in [2.45, 2.75) is 110 Å². The molecule has 1 saturated carbocycles. The van der Waals surface area contributed by atoms with Crippen molar-refractivity contribution in [3.05, 3.63) is 35.5 Å². The molecule has 2 heterocycles. The van der Waals surface area contributed by atoms with Gasteiger partial charge < -0.3 is 23.7 Å². The molecule has 3 rings (SSSR count). The van der Waals surface area contributed by atoms with Crippen molar-refractivity contribution in [3.63, 3.8) is 0 Å². The van der Waals surface area contributed by atoms with Crippen LogP contribution in [-0.2, 0) is 38.1 Å². The van der Waals surface area contributed by atoms with Crippen LogP contribution in [0.1, 0.15) is 68.2 Å². The molecule has 8 heteroatoms. The summed E-state index contributed by atoms with van der Waals surface area (Å²) in [4.78, 5) is 37.5. The lowest BCUT2D eigenvalue weighted by atomic mass is 9.73. The minimum Gasteiger partial charge on any atom is -0.458 e. The van der Waals surface area contributed by atoms with E-state index in [1.165, 1.54) is 6.92 Å². The fourth-order valence-corrected chi connectivity index (χ4v) is 4.63. The van der Waals surface area contributed by atoms with E-state index < -0.39 is 47.7 Å². The van der Waals surface area contributed by atoms with Gasteiger partial charge in [0.1, 0.15) is 17.8 Å². The third-order valence-electron chi connectivity index (χ3n) is 7.48. The molecule has 0 N–H and O–H groups in total. The van der Waals surface area contributed by atoms with Gasteiger partial charge in [-0.25, -0.2) is 9.59 Å². The Morgan fingerprint density at radius 3 is 2.09 bits per heavy atom. The second-order valence-corrected chi connectivity index (χ2v) is 10.4. The van der Waals surface area contributed by atoms with E-state index in [2.05, 4.69) is 6.58 Å². The fraction of sp³-hybridized carbons (Fsp3) is 0.667. The first-order chi connectivity index (χ1) is 16.2. The number of carbonyl (C=O) groups excluding carboxylic acids is 3. The quantitative estimate of drug-likeness (QED) is 0.157. The summed E-state index contributed by atoms with van der Waals surface area (Å²) in [5, 5.41) is 0. The summed E-state index contributed by atoms with van der Waals surface area (Å²) in [7, 11) is 0. The standard InChI is InChI=1S/C27H38O8/c1-10-14(3)24(29)32-19(13-20-26(7,8)34-20)16(5)18-12-21-27(9,35-21)23(22(18)31-17(6)28)33-25(30)15(4)11-2/h10-11,18-23H,5,12-13H2,1-4,6-9H3/b14-10-,15-11-/t18-,19?,20?,21-,22+,23+,27-/m0/s1. The fourth-order valence-electron chi connectivity index (χ4n) is 4.63. The molecular weight excluding hydrogens is 452 g/mol. The third kappa shape index (κ3) is 5.70. The number of hydrogen-bond acceptors (Lipinski definition) is 8. The molecule has 0 amide bonds. The van der Waals surface area contributed by atoms with Crippen molar-refractivity contribution in [2.24, 2.45) is 5.92 Å². The molecule has 0 radical (unpaired) electrons. The SMILES string of the molecule is C=C(C(CC1OC1(C)C)OC(=O)/C(C)=C\C)[C@@H]1C[C@@H]2O[C@]2(C)[C@H](OC(=O)/C(C)=C\C)[C@@H]1OC(C)=O. The van der Waals surface area contributed by atoms with Gasteiger partial charge >= 0.3 is 17.9 Å². The Hall–Kier alpha value is -2.45. The lowest BCUT2D eigenvalue weighted by Crippen LogP contribution is -2.54. The van der Waals surface area contributed by atoms with E-state index in [-0.39, 0.29) is 17.8 Å². The van der Waals surface area contributed by atoms with Gasteiger partial charge in [0.2, 0.25) is 0 Å². The number of rotatable bonds is 9. The highest BCUT2D eigenvalue weighted by Crippen LogP contribution is 2.54. The topological polar surface area (TPSA) is 104 Å². The molecular formula is C27H38O8. The Kier molecular flexibility index (Phi) is 7.67. The Bertz CT molecular complexity index is 960. The van der Waals surface area contributed by atoms with Crippen LogP contribution in [0.4, 0.5) is 0 Å². The van der Waals surface area contributed by atoms with Crippen LogP contribution in [-0.4, -0.2) is 59.6 Å². The van der Waals surface area contributed by atoms with E-state index in [1.807, 2.05) is 20.8 Å². The number of ether oxygens (including phenoxy) is 5. The summed E-state index contributed by atoms with van der Waals surface area (Å²) >= 11 is 0.